The number of nitrogens with two attached hydrogens (primary N) is 1. The SMILES string of the molecule is N=C/C=N\Nc1ccc(C(F)(F)C(CC/C=C\N)c2ccc(F)cc2F)nc1. The van der Waals surface area contributed by atoms with Crippen molar-refractivity contribution in [3.8, 4) is 0 Å². The quantitative estimate of drug-likeness (QED) is 0.332. The highest BCUT2D eigenvalue weighted by atomic mass is 19.3. The first-order valence-electron chi connectivity index (χ1n) is 8.34. The van der Waals surface area contributed by atoms with Crippen LogP contribution in [-0.2, 0) is 5.92 Å². The Morgan fingerprint density at radius 2 is 2.04 bits per heavy atom. The van der Waals surface area contributed by atoms with Gasteiger partial charge in [-0.3, -0.25) is 10.4 Å². The zero-order valence-corrected chi connectivity index (χ0v) is 14.7. The summed E-state index contributed by atoms with van der Waals surface area (Å²) >= 11 is 0. The van der Waals surface area contributed by atoms with Crippen LogP contribution in [-0.4, -0.2) is 17.4 Å². The lowest BCUT2D eigenvalue weighted by atomic mass is 9.86. The average molecular weight is 393 g/mol. The molecule has 1 atom stereocenters. The number of hydrogen-bond donors (Lipinski definition) is 3. The molecule has 0 saturated heterocycles. The highest BCUT2D eigenvalue weighted by molar-refractivity contribution is 6.14. The Morgan fingerprint density at radius 3 is 2.64 bits per heavy atom. The van der Waals surface area contributed by atoms with Crippen LogP contribution in [0.4, 0.5) is 23.2 Å². The van der Waals surface area contributed by atoms with Crippen molar-refractivity contribution in [2.24, 2.45) is 10.8 Å². The Balaban J connectivity index is 2.36. The van der Waals surface area contributed by atoms with Crippen LogP contribution in [0.1, 0.15) is 30.0 Å². The van der Waals surface area contributed by atoms with Gasteiger partial charge in [0, 0.05) is 12.3 Å². The number of allylic oxidation sites excluding steroid dienone is 1. The highest BCUT2D eigenvalue weighted by Gasteiger charge is 2.44. The molecule has 9 heteroatoms. The fraction of sp³-hybridized carbons (Fsp3) is 0.211. The van der Waals surface area contributed by atoms with E-state index >= 15 is 8.78 Å². The average Bonchev–Trinajstić information content (AvgIpc) is 2.67. The number of nitrogens with one attached hydrogen (secondary N) is 2. The molecule has 1 aromatic heterocycles. The second-order valence-electron chi connectivity index (χ2n) is 5.84. The van der Waals surface area contributed by atoms with Gasteiger partial charge < -0.3 is 11.1 Å². The van der Waals surface area contributed by atoms with Crippen LogP contribution >= 0.6 is 0 Å². The minimum Gasteiger partial charge on any atom is -0.405 e. The molecule has 1 heterocycles. The lowest BCUT2D eigenvalue weighted by Crippen LogP contribution is -2.26. The normalized spacial score (nSPS) is 13.1. The molecule has 4 N–H and O–H groups in total. The molecule has 148 valence electrons. The fourth-order valence-electron chi connectivity index (χ4n) is 2.66. The second-order valence-corrected chi connectivity index (χ2v) is 5.84. The van der Waals surface area contributed by atoms with Crippen LogP contribution in [0.15, 0.2) is 53.9 Å². The molecule has 5 nitrogen and oxygen atoms in total. The summed E-state index contributed by atoms with van der Waals surface area (Å²) in [5.74, 6) is -6.96. The number of aromatic nitrogens is 1. The van der Waals surface area contributed by atoms with Crippen molar-refractivity contribution < 1.29 is 17.6 Å². The summed E-state index contributed by atoms with van der Waals surface area (Å²) in [6.07, 6.45) is 6.06. The molecule has 0 saturated carbocycles. The van der Waals surface area contributed by atoms with Gasteiger partial charge in [0.2, 0.25) is 0 Å². The number of hydrazone groups is 1. The molecule has 0 bridgehead atoms. The summed E-state index contributed by atoms with van der Waals surface area (Å²) < 4.78 is 57.8. The lowest BCUT2D eigenvalue weighted by molar-refractivity contribution is -0.0416. The Hall–Kier alpha value is -3.23. The van der Waals surface area contributed by atoms with Crippen LogP contribution < -0.4 is 11.2 Å². The molecule has 0 fully saturated rings. The Bertz CT molecular complexity index is 850. The Labute approximate surface area is 159 Å². The summed E-state index contributed by atoms with van der Waals surface area (Å²) in [6, 6.07) is 5.00. The summed E-state index contributed by atoms with van der Waals surface area (Å²) in [5, 5.41) is 10.5. The third-order valence-electron chi connectivity index (χ3n) is 3.98. The van der Waals surface area contributed by atoms with E-state index in [1.165, 1.54) is 24.6 Å². The smallest absolute Gasteiger partial charge is 0.296 e. The molecule has 0 aliphatic heterocycles. The van der Waals surface area contributed by atoms with Gasteiger partial charge in [-0.15, -0.1) is 0 Å². The van der Waals surface area contributed by atoms with E-state index in [4.69, 9.17) is 11.1 Å². The van der Waals surface area contributed by atoms with Crippen LogP contribution in [0.2, 0.25) is 0 Å². The Morgan fingerprint density at radius 1 is 1.25 bits per heavy atom. The molecule has 0 amide bonds. The number of halogens is 4. The molecule has 2 rings (SSSR count). The predicted molar refractivity (Wildman–Crippen MR) is 101 cm³/mol. The monoisotopic (exact) mass is 393 g/mol. The lowest BCUT2D eigenvalue weighted by Gasteiger charge is -2.27. The molecule has 0 spiro atoms. The molecule has 0 radical (unpaired) electrons. The molecule has 1 aromatic carbocycles. The molecular weight excluding hydrogens is 374 g/mol. The fourth-order valence-corrected chi connectivity index (χ4v) is 2.66. The maximum Gasteiger partial charge on any atom is 0.296 e. The minimum atomic E-state index is -3.52. The first-order valence-corrected chi connectivity index (χ1v) is 8.34. The van der Waals surface area contributed by atoms with Crippen molar-refractivity contribution in [1.82, 2.24) is 4.98 Å². The third-order valence-corrected chi connectivity index (χ3v) is 3.98. The molecule has 1 unspecified atom stereocenters. The van der Waals surface area contributed by atoms with Crippen LogP contribution in [0.25, 0.3) is 0 Å². The zero-order valence-electron chi connectivity index (χ0n) is 14.7. The van der Waals surface area contributed by atoms with Gasteiger partial charge >= 0.3 is 0 Å². The van der Waals surface area contributed by atoms with Gasteiger partial charge in [-0.05, 0) is 42.8 Å². The second kappa shape index (κ2) is 9.63. The topological polar surface area (TPSA) is 87.2 Å². The van der Waals surface area contributed by atoms with Gasteiger partial charge in [-0.25, -0.2) is 8.78 Å². The van der Waals surface area contributed by atoms with E-state index in [0.29, 0.717) is 11.8 Å². The number of anilines is 1. The van der Waals surface area contributed by atoms with Crippen molar-refractivity contribution >= 4 is 18.1 Å². The molecule has 0 aliphatic carbocycles. The van der Waals surface area contributed by atoms with Gasteiger partial charge in [0.05, 0.1) is 24.0 Å². The van der Waals surface area contributed by atoms with Crippen molar-refractivity contribution in [2.45, 2.75) is 24.7 Å². The number of benzene rings is 1. The van der Waals surface area contributed by atoms with Crippen molar-refractivity contribution in [1.29, 1.82) is 5.41 Å². The van der Waals surface area contributed by atoms with Crippen molar-refractivity contribution in [2.75, 3.05) is 5.43 Å². The van der Waals surface area contributed by atoms with Crippen molar-refractivity contribution in [3.05, 3.63) is 71.7 Å². The van der Waals surface area contributed by atoms with Gasteiger partial charge in [0.25, 0.3) is 5.92 Å². The minimum absolute atomic E-state index is 0.117. The van der Waals surface area contributed by atoms with E-state index in [2.05, 4.69) is 15.5 Å². The highest BCUT2D eigenvalue weighted by Crippen LogP contribution is 2.45. The van der Waals surface area contributed by atoms with Gasteiger partial charge in [-0.2, -0.15) is 13.9 Å². The molecular formula is C19H19F4N5. The van der Waals surface area contributed by atoms with E-state index in [9.17, 15) is 8.78 Å². The summed E-state index contributed by atoms with van der Waals surface area (Å²) in [5.41, 5.74) is 7.27. The number of rotatable bonds is 9. The van der Waals surface area contributed by atoms with E-state index in [1.807, 2.05) is 0 Å². The molecule has 28 heavy (non-hydrogen) atoms. The number of pyridine rings is 1. The van der Waals surface area contributed by atoms with Crippen LogP contribution in [0.3, 0.4) is 0 Å². The maximum absolute atomic E-state index is 15.2. The van der Waals surface area contributed by atoms with Gasteiger partial charge in [0.15, 0.2) is 0 Å². The molecule has 2 aromatic rings. The van der Waals surface area contributed by atoms with Crippen LogP contribution in [0, 0.1) is 17.0 Å². The standard InChI is InChI=1S/C19H19F4N5/c20-13-4-6-15(17(21)11-13)16(3-1-2-8-24)19(22,23)18-7-5-14(12-26-18)28-27-10-9-25/h2,4-12,16,25,28H,1,3,24H2/b8-2-,25-9?,27-10-. The van der Waals surface area contributed by atoms with Gasteiger partial charge in [0.1, 0.15) is 17.3 Å². The first-order chi connectivity index (χ1) is 13.4. The number of hydrogen-bond acceptors (Lipinski definition) is 5. The molecule has 0 aliphatic rings. The number of nitrogens with zero attached hydrogens (tertiary/aromatic N) is 2. The maximum atomic E-state index is 15.2. The number of alkyl halides is 2. The predicted octanol–water partition coefficient (Wildman–Crippen LogP) is 4.54. The summed E-state index contributed by atoms with van der Waals surface area (Å²) in [6.45, 7) is 0. The van der Waals surface area contributed by atoms with E-state index in [-0.39, 0.29) is 18.4 Å². The third kappa shape index (κ3) is 5.15. The largest absolute Gasteiger partial charge is 0.405 e. The van der Waals surface area contributed by atoms with Crippen LogP contribution in [0.5, 0.6) is 0 Å². The van der Waals surface area contributed by atoms with E-state index < -0.39 is 29.2 Å². The van der Waals surface area contributed by atoms with E-state index in [0.717, 1.165) is 30.6 Å². The van der Waals surface area contributed by atoms with Crippen molar-refractivity contribution in [3.63, 3.8) is 0 Å². The van der Waals surface area contributed by atoms with Gasteiger partial charge in [-0.1, -0.05) is 12.1 Å². The summed E-state index contributed by atoms with van der Waals surface area (Å²) in [4.78, 5) is 3.77. The van der Waals surface area contributed by atoms with E-state index in [1.54, 1.807) is 0 Å². The zero-order chi connectivity index (χ0) is 20.6. The Kier molecular flexibility index (Phi) is 7.25. The summed E-state index contributed by atoms with van der Waals surface area (Å²) in [7, 11) is 0. The first kappa shape index (κ1) is 21.1.